The molecule has 27 heavy (non-hydrogen) atoms. The van der Waals surface area contributed by atoms with Gasteiger partial charge in [-0.15, -0.1) is 0 Å². The van der Waals surface area contributed by atoms with Crippen LogP contribution in [0.1, 0.15) is 63.9 Å². The van der Waals surface area contributed by atoms with Crippen LogP contribution in [0, 0.1) is 5.92 Å². The number of unbranched alkanes of at least 4 members (excludes halogenated alkanes) is 3. The fourth-order valence-electron chi connectivity index (χ4n) is 3.31. The van der Waals surface area contributed by atoms with E-state index in [1.165, 1.54) is 5.56 Å². The van der Waals surface area contributed by atoms with Crippen LogP contribution in [-0.2, 0) is 14.4 Å². The summed E-state index contributed by atoms with van der Waals surface area (Å²) >= 11 is 0. The van der Waals surface area contributed by atoms with Gasteiger partial charge in [0, 0.05) is 25.2 Å². The maximum Gasteiger partial charge on any atom is 0.303 e. The average molecular weight is 374 g/mol. The Kier molecular flexibility index (Phi) is 7.82. The maximum absolute atomic E-state index is 12.6. The molecule has 1 aromatic rings. The molecular formula is C21H30N2O4. The molecule has 0 spiro atoms. The summed E-state index contributed by atoms with van der Waals surface area (Å²) in [7, 11) is 0. The zero-order chi connectivity index (χ0) is 19.8. The van der Waals surface area contributed by atoms with Gasteiger partial charge in [-0.05, 0) is 42.9 Å². The monoisotopic (exact) mass is 374 g/mol. The van der Waals surface area contributed by atoms with E-state index in [2.05, 4.69) is 19.2 Å². The van der Waals surface area contributed by atoms with Crippen molar-refractivity contribution in [3.8, 4) is 0 Å². The Morgan fingerprint density at radius 2 is 1.81 bits per heavy atom. The molecule has 1 aliphatic heterocycles. The van der Waals surface area contributed by atoms with E-state index < -0.39 is 11.9 Å². The van der Waals surface area contributed by atoms with Crippen molar-refractivity contribution in [2.24, 2.45) is 5.92 Å². The number of nitrogens with one attached hydrogen (secondary N) is 1. The normalized spacial score (nSPS) is 16.8. The smallest absolute Gasteiger partial charge is 0.303 e. The lowest BCUT2D eigenvalue weighted by Crippen LogP contribution is -2.37. The molecule has 148 valence electrons. The second-order valence-electron chi connectivity index (χ2n) is 7.43. The van der Waals surface area contributed by atoms with E-state index in [-0.39, 0.29) is 18.2 Å². The van der Waals surface area contributed by atoms with Gasteiger partial charge in [-0.25, -0.2) is 0 Å². The fourth-order valence-corrected chi connectivity index (χ4v) is 3.31. The number of carbonyl (C=O) groups is 3. The van der Waals surface area contributed by atoms with Crippen LogP contribution in [0.2, 0.25) is 0 Å². The Morgan fingerprint density at radius 1 is 1.15 bits per heavy atom. The van der Waals surface area contributed by atoms with Gasteiger partial charge >= 0.3 is 5.97 Å². The summed E-state index contributed by atoms with van der Waals surface area (Å²) in [5.41, 5.74) is 2.07. The van der Waals surface area contributed by atoms with Crippen LogP contribution >= 0.6 is 0 Å². The van der Waals surface area contributed by atoms with E-state index >= 15 is 0 Å². The first kappa shape index (κ1) is 20.9. The molecule has 0 aliphatic carbocycles. The first-order chi connectivity index (χ1) is 12.9. The van der Waals surface area contributed by atoms with Gasteiger partial charge in [0.15, 0.2) is 0 Å². The highest BCUT2D eigenvalue weighted by Crippen LogP contribution is 2.27. The Labute approximate surface area is 160 Å². The molecule has 0 aromatic heterocycles. The van der Waals surface area contributed by atoms with Gasteiger partial charge in [-0.3, -0.25) is 14.4 Å². The van der Waals surface area contributed by atoms with Crippen molar-refractivity contribution in [1.29, 1.82) is 0 Å². The summed E-state index contributed by atoms with van der Waals surface area (Å²) in [5.74, 6) is -1.28. The molecule has 0 bridgehead atoms. The molecule has 2 N–H and O–H groups in total. The molecule has 0 radical (unpaired) electrons. The number of benzene rings is 1. The van der Waals surface area contributed by atoms with Gasteiger partial charge in [0.05, 0.1) is 0 Å². The number of rotatable bonds is 10. The average Bonchev–Trinajstić information content (AvgIpc) is 3.02. The lowest BCUT2D eigenvalue weighted by Gasteiger charge is -2.18. The van der Waals surface area contributed by atoms with Crippen molar-refractivity contribution < 1.29 is 19.5 Å². The molecule has 1 aromatic carbocycles. The zero-order valence-electron chi connectivity index (χ0n) is 16.2. The van der Waals surface area contributed by atoms with E-state index in [1.54, 1.807) is 4.90 Å². The Balaban J connectivity index is 1.75. The van der Waals surface area contributed by atoms with Crippen LogP contribution in [0.3, 0.4) is 0 Å². The van der Waals surface area contributed by atoms with Gasteiger partial charge in [-0.2, -0.15) is 0 Å². The van der Waals surface area contributed by atoms with Crippen molar-refractivity contribution in [2.75, 3.05) is 18.0 Å². The van der Waals surface area contributed by atoms with Crippen molar-refractivity contribution >= 4 is 23.5 Å². The molecule has 1 unspecified atom stereocenters. The van der Waals surface area contributed by atoms with E-state index in [9.17, 15) is 14.4 Å². The highest BCUT2D eigenvalue weighted by atomic mass is 16.4. The lowest BCUT2D eigenvalue weighted by molar-refractivity contribution is -0.137. The Morgan fingerprint density at radius 3 is 2.44 bits per heavy atom. The van der Waals surface area contributed by atoms with Gasteiger partial charge in [-0.1, -0.05) is 38.8 Å². The van der Waals surface area contributed by atoms with Crippen molar-refractivity contribution in [3.63, 3.8) is 0 Å². The number of carboxylic acid groups (broad SMARTS) is 1. The van der Waals surface area contributed by atoms with Crippen LogP contribution < -0.4 is 10.2 Å². The van der Waals surface area contributed by atoms with Gasteiger partial charge in [0.2, 0.25) is 11.8 Å². The predicted octanol–water partition coefficient (Wildman–Crippen LogP) is 3.31. The third-order valence-electron chi connectivity index (χ3n) is 5.01. The summed E-state index contributed by atoms with van der Waals surface area (Å²) < 4.78 is 0. The molecule has 2 rings (SSSR count). The minimum Gasteiger partial charge on any atom is -0.481 e. The number of hydrogen-bond acceptors (Lipinski definition) is 3. The van der Waals surface area contributed by atoms with Crippen LogP contribution in [-0.4, -0.2) is 36.0 Å². The number of aliphatic carboxylic acids is 1. The number of amides is 2. The number of nitrogens with zero attached hydrogens (tertiary/aromatic N) is 1. The van der Waals surface area contributed by atoms with E-state index in [0.717, 1.165) is 24.9 Å². The molecule has 6 nitrogen and oxygen atoms in total. The summed E-state index contributed by atoms with van der Waals surface area (Å²) in [5, 5.41) is 11.4. The largest absolute Gasteiger partial charge is 0.481 e. The molecule has 1 heterocycles. The fraction of sp³-hybridized carbons (Fsp3) is 0.571. The first-order valence-corrected chi connectivity index (χ1v) is 9.81. The van der Waals surface area contributed by atoms with Gasteiger partial charge in [0.25, 0.3) is 0 Å². The number of carboxylic acids is 1. The van der Waals surface area contributed by atoms with E-state index in [0.29, 0.717) is 31.8 Å². The third-order valence-corrected chi connectivity index (χ3v) is 5.01. The summed E-state index contributed by atoms with van der Waals surface area (Å²) in [6.45, 7) is 5.34. The van der Waals surface area contributed by atoms with E-state index in [1.807, 2.05) is 24.3 Å². The number of carbonyl (C=O) groups excluding carboxylic acids is 2. The minimum absolute atomic E-state index is 0.133. The molecule has 0 saturated carbocycles. The van der Waals surface area contributed by atoms with Crippen LogP contribution in [0.4, 0.5) is 5.69 Å². The summed E-state index contributed by atoms with van der Waals surface area (Å²) in [4.78, 5) is 37.1. The summed E-state index contributed by atoms with van der Waals surface area (Å²) in [6.07, 6.45) is 3.90. The highest BCUT2D eigenvalue weighted by molar-refractivity contribution is 6.09. The van der Waals surface area contributed by atoms with Crippen LogP contribution in [0.15, 0.2) is 24.3 Å². The molecule has 1 atom stereocenters. The molecule has 6 heteroatoms. The molecule has 1 fully saturated rings. The first-order valence-electron chi connectivity index (χ1n) is 9.81. The Hall–Kier alpha value is -2.37. The summed E-state index contributed by atoms with van der Waals surface area (Å²) in [6, 6.07) is 7.96. The quantitative estimate of drug-likeness (QED) is 0.486. The molecule has 2 amide bonds. The molecular weight excluding hydrogens is 344 g/mol. The zero-order valence-corrected chi connectivity index (χ0v) is 16.2. The van der Waals surface area contributed by atoms with Crippen molar-refractivity contribution in [1.82, 2.24) is 5.32 Å². The second kappa shape index (κ2) is 10.1. The van der Waals surface area contributed by atoms with Crippen molar-refractivity contribution in [2.45, 2.75) is 58.3 Å². The predicted molar refractivity (Wildman–Crippen MR) is 105 cm³/mol. The van der Waals surface area contributed by atoms with Crippen molar-refractivity contribution in [3.05, 3.63) is 29.8 Å². The van der Waals surface area contributed by atoms with Crippen LogP contribution in [0.25, 0.3) is 0 Å². The third kappa shape index (κ3) is 6.08. The number of hydrogen-bond donors (Lipinski definition) is 2. The van der Waals surface area contributed by atoms with E-state index in [4.69, 9.17) is 5.11 Å². The molecule has 1 saturated heterocycles. The van der Waals surface area contributed by atoms with Gasteiger partial charge < -0.3 is 15.3 Å². The maximum atomic E-state index is 12.6. The lowest BCUT2D eigenvalue weighted by atomic mass is 10.0. The second-order valence-corrected chi connectivity index (χ2v) is 7.43. The highest BCUT2D eigenvalue weighted by Gasteiger charge is 2.37. The van der Waals surface area contributed by atoms with Crippen LogP contribution in [0.5, 0.6) is 0 Å². The number of anilines is 1. The SMILES string of the molecule is CC(C)c1ccc(N2CCC(C(=O)NCCCCCCC(=O)O)C2=O)cc1. The van der Waals surface area contributed by atoms with Gasteiger partial charge in [0.1, 0.15) is 5.92 Å². The molecule has 1 aliphatic rings. The minimum atomic E-state index is -0.772. The Bertz CT molecular complexity index is 655. The topological polar surface area (TPSA) is 86.7 Å². The standard InChI is InChI=1S/C21H30N2O4/c1-15(2)16-8-10-17(11-9-16)23-14-12-18(21(23)27)20(26)22-13-6-4-3-5-7-19(24)25/h8-11,15,18H,3-7,12-14H2,1-2H3,(H,22,26)(H,24,25).